The molecular weight excluding hydrogens is 350 g/mol. The van der Waals surface area contributed by atoms with Crippen LogP contribution in [0.15, 0.2) is 84.9 Å². The highest BCUT2D eigenvalue weighted by Gasteiger charge is 2.03. The molecule has 0 aliphatic rings. The molecule has 0 saturated heterocycles. The SMILES string of the molecule is CC(=O)Nc1ccc(/C=C/C(=O)c2ccc(OCc3ccccc3)cc2)cc1. The summed E-state index contributed by atoms with van der Waals surface area (Å²) >= 11 is 0. The van der Waals surface area contributed by atoms with E-state index in [1.165, 1.54) is 13.0 Å². The van der Waals surface area contributed by atoms with Gasteiger partial charge in [0.15, 0.2) is 5.78 Å². The predicted molar refractivity (Wildman–Crippen MR) is 111 cm³/mol. The molecule has 4 nitrogen and oxygen atoms in total. The number of ether oxygens (including phenoxy) is 1. The minimum absolute atomic E-state index is 0.0828. The van der Waals surface area contributed by atoms with Crippen LogP contribution >= 0.6 is 0 Å². The number of benzene rings is 3. The van der Waals surface area contributed by atoms with Gasteiger partial charge < -0.3 is 10.1 Å². The molecule has 0 aliphatic carbocycles. The monoisotopic (exact) mass is 371 g/mol. The van der Waals surface area contributed by atoms with Gasteiger partial charge in [-0.15, -0.1) is 0 Å². The molecule has 3 aromatic carbocycles. The number of hydrogen-bond acceptors (Lipinski definition) is 3. The van der Waals surface area contributed by atoms with Gasteiger partial charge in [-0.05, 0) is 53.6 Å². The maximum absolute atomic E-state index is 12.3. The van der Waals surface area contributed by atoms with E-state index in [0.29, 0.717) is 12.2 Å². The topological polar surface area (TPSA) is 55.4 Å². The van der Waals surface area contributed by atoms with E-state index < -0.39 is 0 Å². The lowest BCUT2D eigenvalue weighted by atomic mass is 10.1. The summed E-state index contributed by atoms with van der Waals surface area (Å²) in [4.78, 5) is 23.4. The minimum atomic E-state index is -0.116. The van der Waals surface area contributed by atoms with Crippen molar-refractivity contribution in [3.8, 4) is 5.75 Å². The summed E-state index contributed by atoms with van der Waals surface area (Å²) in [7, 11) is 0. The average Bonchev–Trinajstić information content (AvgIpc) is 2.72. The Balaban J connectivity index is 1.56. The van der Waals surface area contributed by atoms with Gasteiger partial charge in [0.2, 0.25) is 5.91 Å². The first-order chi connectivity index (χ1) is 13.6. The molecular formula is C24H21NO3. The van der Waals surface area contributed by atoms with Gasteiger partial charge in [0.05, 0.1) is 0 Å². The zero-order valence-corrected chi connectivity index (χ0v) is 15.6. The van der Waals surface area contributed by atoms with E-state index in [1.807, 2.05) is 42.5 Å². The molecule has 0 unspecified atom stereocenters. The van der Waals surface area contributed by atoms with Crippen molar-refractivity contribution in [2.24, 2.45) is 0 Å². The van der Waals surface area contributed by atoms with Crippen molar-refractivity contribution in [2.75, 3.05) is 5.32 Å². The van der Waals surface area contributed by atoms with Gasteiger partial charge in [-0.25, -0.2) is 0 Å². The quantitative estimate of drug-likeness (QED) is 0.463. The van der Waals surface area contributed by atoms with Crippen molar-refractivity contribution < 1.29 is 14.3 Å². The van der Waals surface area contributed by atoms with E-state index in [-0.39, 0.29) is 11.7 Å². The number of amides is 1. The van der Waals surface area contributed by atoms with Crippen molar-refractivity contribution in [3.05, 3.63) is 102 Å². The highest BCUT2D eigenvalue weighted by molar-refractivity contribution is 6.06. The molecule has 3 rings (SSSR count). The highest BCUT2D eigenvalue weighted by atomic mass is 16.5. The largest absolute Gasteiger partial charge is 0.489 e. The van der Waals surface area contributed by atoms with Gasteiger partial charge in [-0.3, -0.25) is 9.59 Å². The van der Waals surface area contributed by atoms with Crippen LogP contribution in [-0.2, 0) is 11.4 Å². The van der Waals surface area contributed by atoms with Gasteiger partial charge in [-0.1, -0.05) is 48.5 Å². The Bertz CT molecular complexity index is 959. The molecule has 1 N–H and O–H groups in total. The van der Waals surface area contributed by atoms with E-state index in [9.17, 15) is 9.59 Å². The molecule has 0 fully saturated rings. The van der Waals surface area contributed by atoms with E-state index in [4.69, 9.17) is 4.74 Å². The Hall–Kier alpha value is -3.66. The van der Waals surface area contributed by atoms with E-state index in [1.54, 1.807) is 42.5 Å². The lowest BCUT2D eigenvalue weighted by Crippen LogP contribution is -2.05. The van der Waals surface area contributed by atoms with Gasteiger partial charge >= 0.3 is 0 Å². The first-order valence-electron chi connectivity index (χ1n) is 8.97. The number of carbonyl (C=O) groups is 2. The maximum Gasteiger partial charge on any atom is 0.221 e. The first-order valence-corrected chi connectivity index (χ1v) is 8.97. The van der Waals surface area contributed by atoms with E-state index in [2.05, 4.69) is 5.32 Å². The average molecular weight is 371 g/mol. The molecule has 0 saturated carbocycles. The number of rotatable bonds is 7. The Morgan fingerprint density at radius 1 is 0.893 bits per heavy atom. The maximum atomic E-state index is 12.3. The molecule has 0 radical (unpaired) electrons. The zero-order chi connectivity index (χ0) is 19.8. The summed E-state index contributed by atoms with van der Waals surface area (Å²) in [5.41, 5.74) is 3.29. The van der Waals surface area contributed by atoms with E-state index in [0.717, 1.165) is 22.6 Å². The van der Waals surface area contributed by atoms with Gasteiger partial charge in [0.1, 0.15) is 12.4 Å². The summed E-state index contributed by atoms with van der Waals surface area (Å²) < 4.78 is 5.74. The third-order valence-corrected chi connectivity index (χ3v) is 4.05. The highest BCUT2D eigenvalue weighted by Crippen LogP contribution is 2.16. The fourth-order valence-electron chi connectivity index (χ4n) is 2.61. The second-order valence-corrected chi connectivity index (χ2v) is 6.30. The van der Waals surface area contributed by atoms with Gasteiger partial charge in [0, 0.05) is 18.2 Å². The van der Waals surface area contributed by atoms with Crippen LogP contribution in [-0.4, -0.2) is 11.7 Å². The van der Waals surface area contributed by atoms with Crippen LogP contribution in [0, 0.1) is 0 Å². The first kappa shape index (κ1) is 19.1. The Kier molecular flexibility index (Phi) is 6.37. The molecule has 0 heterocycles. The Morgan fingerprint density at radius 2 is 1.57 bits per heavy atom. The number of nitrogens with one attached hydrogen (secondary N) is 1. The van der Waals surface area contributed by atoms with Gasteiger partial charge in [-0.2, -0.15) is 0 Å². The summed E-state index contributed by atoms with van der Waals surface area (Å²) in [5, 5.41) is 2.71. The molecule has 1 amide bonds. The third-order valence-electron chi connectivity index (χ3n) is 4.05. The second-order valence-electron chi connectivity index (χ2n) is 6.30. The number of allylic oxidation sites excluding steroid dienone is 1. The lowest BCUT2D eigenvalue weighted by molar-refractivity contribution is -0.114. The zero-order valence-electron chi connectivity index (χ0n) is 15.6. The standard InChI is InChI=1S/C24H21NO3/c1-18(26)25-22-12-7-19(8-13-22)9-16-24(27)21-10-14-23(15-11-21)28-17-20-5-3-2-4-6-20/h2-16H,17H2,1H3,(H,25,26)/b16-9+. The van der Waals surface area contributed by atoms with Crippen molar-refractivity contribution in [1.82, 2.24) is 0 Å². The van der Waals surface area contributed by atoms with Crippen LogP contribution in [0.1, 0.15) is 28.4 Å². The molecule has 28 heavy (non-hydrogen) atoms. The Morgan fingerprint density at radius 3 is 2.21 bits per heavy atom. The fourth-order valence-corrected chi connectivity index (χ4v) is 2.61. The molecule has 0 atom stereocenters. The fraction of sp³-hybridized carbons (Fsp3) is 0.0833. The number of ketones is 1. The molecule has 0 bridgehead atoms. The second kappa shape index (κ2) is 9.33. The number of hydrogen-bond donors (Lipinski definition) is 1. The predicted octanol–water partition coefficient (Wildman–Crippen LogP) is 5.12. The summed E-state index contributed by atoms with van der Waals surface area (Å²) in [6.45, 7) is 1.95. The lowest BCUT2D eigenvalue weighted by Gasteiger charge is -2.06. The molecule has 3 aromatic rings. The molecule has 0 spiro atoms. The normalized spacial score (nSPS) is 10.6. The summed E-state index contributed by atoms with van der Waals surface area (Å²) in [6, 6.07) is 24.3. The van der Waals surface area contributed by atoms with Crippen molar-refractivity contribution >= 4 is 23.5 Å². The van der Waals surface area contributed by atoms with Crippen LogP contribution in [0.3, 0.4) is 0 Å². The number of carbonyl (C=O) groups excluding carboxylic acids is 2. The molecule has 0 aromatic heterocycles. The van der Waals surface area contributed by atoms with E-state index >= 15 is 0 Å². The molecule has 4 heteroatoms. The smallest absolute Gasteiger partial charge is 0.221 e. The van der Waals surface area contributed by atoms with Crippen molar-refractivity contribution in [2.45, 2.75) is 13.5 Å². The minimum Gasteiger partial charge on any atom is -0.489 e. The third kappa shape index (κ3) is 5.68. The summed E-state index contributed by atoms with van der Waals surface area (Å²) in [6.07, 6.45) is 3.28. The Labute approximate surface area is 164 Å². The summed E-state index contributed by atoms with van der Waals surface area (Å²) in [5.74, 6) is 0.521. The van der Waals surface area contributed by atoms with Crippen LogP contribution in [0.5, 0.6) is 5.75 Å². The van der Waals surface area contributed by atoms with Crippen LogP contribution in [0.2, 0.25) is 0 Å². The van der Waals surface area contributed by atoms with Crippen LogP contribution in [0.4, 0.5) is 5.69 Å². The van der Waals surface area contributed by atoms with Crippen molar-refractivity contribution in [3.63, 3.8) is 0 Å². The number of anilines is 1. The molecule has 0 aliphatic heterocycles. The van der Waals surface area contributed by atoms with Crippen LogP contribution < -0.4 is 10.1 Å². The molecule has 140 valence electrons. The van der Waals surface area contributed by atoms with Crippen LogP contribution in [0.25, 0.3) is 6.08 Å². The van der Waals surface area contributed by atoms with Gasteiger partial charge in [0.25, 0.3) is 0 Å². The van der Waals surface area contributed by atoms with Crippen molar-refractivity contribution in [1.29, 1.82) is 0 Å².